The second-order valence-electron chi connectivity index (χ2n) is 4.76. The van der Waals surface area contributed by atoms with Crippen molar-refractivity contribution in [2.24, 2.45) is 0 Å². The third kappa shape index (κ3) is 2.76. The van der Waals surface area contributed by atoms with E-state index in [1.54, 1.807) is 0 Å². The van der Waals surface area contributed by atoms with Gasteiger partial charge in [0.25, 0.3) is 0 Å². The Kier molecular flexibility index (Phi) is 3.83. The minimum Gasteiger partial charge on any atom is -0.382 e. The molecule has 1 fully saturated rings. The normalized spacial score (nSPS) is 18.6. The summed E-state index contributed by atoms with van der Waals surface area (Å²) >= 11 is 0. The Bertz CT molecular complexity index is 312. The number of benzene rings is 1. The lowest BCUT2D eigenvalue weighted by Gasteiger charge is -2.15. The Labute approximate surface area is 98.4 Å². The molecule has 2 heteroatoms. The molecule has 1 unspecified atom stereocenters. The molecule has 1 aromatic rings. The van der Waals surface area contributed by atoms with E-state index in [0.29, 0.717) is 12.1 Å². The summed E-state index contributed by atoms with van der Waals surface area (Å²) in [6.45, 7) is 2.18. The predicted molar refractivity (Wildman–Crippen MR) is 69.8 cm³/mol. The van der Waals surface area contributed by atoms with Crippen molar-refractivity contribution in [2.75, 3.05) is 12.4 Å². The zero-order chi connectivity index (χ0) is 11.4. The third-order valence-corrected chi connectivity index (χ3v) is 3.57. The summed E-state index contributed by atoms with van der Waals surface area (Å²) in [7, 11) is 2.00. The molecule has 0 bridgehead atoms. The van der Waals surface area contributed by atoms with E-state index in [2.05, 4.69) is 41.8 Å². The minimum absolute atomic E-state index is 0.431. The fourth-order valence-electron chi connectivity index (χ4n) is 2.34. The number of rotatable bonds is 4. The average molecular weight is 218 g/mol. The quantitative estimate of drug-likeness (QED) is 0.810. The van der Waals surface area contributed by atoms with Gasteiger partial charge < -0.3 is 10.6 Å². The van der Waals surface area contributed by atoms with E-state index in [9.17, 15) is 0 Å². The van der Waals surface area contributed by atoms with E-state index in [4.69, 9.17) is 0 Å². The first-order valence-corrected chi connectivity index (χ1v) is 6.33. The highest BCUT2D eigenvalue weighted by molar-refractivity contribution is 5.46. The molecule has 0 radical (unpaired) electrons. The molecule has 1 aromatic carbocycles. The Morgan fingerprint density at radius 1 is 1.12 bits per heavy atom. The van der Waals surface area contributed by atoms with Crippen LogP contribution >= 0.6 is 0 Å². The number of hydrogen-bond donors (Lipinski definition) is 2. The fraction of sp³-hybridized carbons (Fsp3) is 0.571. The smallest absolute Gasteiger partial charge is 0.0342 e. The summed E-state index contributed by atoms with van der Waals surface area (Å²) in [5.74, 6) is 0. The number of hydrogen-bond acceptors (Lipinski definition) is 2. The minimum atomic E-state index is 0.431. The standard InChI is InChI=1S/C14H22N2/c1-11(15-2)12-7-9-14(10-8-12)16-13-5-3-4-6-13/h7-11,13,15-16H,3-6H2,1-2H3. The van der Waals surface area contributed by atoms with Crippen LogP contribution in [0.3, 0.4) is 0 Å². The molecule has 16 heavy (non-hydrogen) atoms. The molecule has 1 aliphatic rings. The van der Waals surface area contributed by atoms with Crippen LogP contribution in [-0.4, -0.2) is 13.1 Å². The maximum Gasteiger partial charge on any atom is 0.0342 e. The lowest BCUT2D eigenvalue weighted by molar-refractivity contribution is 0.652. The maximum atomic E-state index is 3.60. The summed E-state index contributed by atoms with van der Waals surface area (Å²) in [5, 5.41) is 6.86. The van der Waals surface area contributed by atoms with Crippen LogP contribution in [0, 0.1) is 0 Å². The van der Waals surface area contributed by atoms with Crippen molar-refractivity contribution in [1.82, 2.24) is 5.32 Å². The maximum absolute atomic E-state index is 3.60. The van der Waals surface area contributed by atoms with Gasteiger partial charge >= 0.3 is 0 Å². The third-order valence-electron chi connectivity index (χ3n) is 3.57. The molecule has 1 aliphatic carbocycles. The molecule has 0 spiro atoms. The van der Waals surface area contributed by atoms with Gasteiger partial charge in [-0.1, -0.05) is 25.0 Å². The van der Waals surface area contributed by atoms with Gasteiger partial charge in [0.1, 0.15) is 0 Å². The molecular weight excluding hydrogens is 196 g/mol. The van der Waals surface area contributed by atoms with Crippen LogP contribution in [0.4, 0.5) is 5.69 Å². The Balaban J connectivity index is 1.96. The van der Waals surface area contributed by atoms with E-state index < -0.39 is 0 Å². The SMILES string of the molecule is CNC(C)c1ccc(NC2CCCC2)cc1. The zero-order valence-electron chi connectivity index (χ0n) is 10.3. The molecule has 2 rings (SSSR count). The Morgan fingerprint density at radius 2 is 1.75 bits per heavy atom. The molecule has 88 valence electrons. The Hall–Kier alpha value is -1.02. The number of anilines is 1. The van der Waals surface area contributed by atoms with Gasteiger partial charge in [-0.3, -0.25) is 0 Å². The average Bonchev–Trinajstić information content (AvgIpc) is 2.82. The molecule has 0 heterocycles. The predicted octanol–water partition coefficient (Wildman–Crippen LogP) is 3.32. The van der Waals surface area contributed by atoms with Crippen LogP contribution in [0.5, 0.6) is 0 Å². The van der Waals surface area contributed by atoms with Gasteiger partial charge in [0, 0.05) is 17.8 Å². The molecule has 1 atom stereocenters. The molecule has 2 N–H and O–H groups in total. The van der Waals surface area contributed by atoms with E-state index >= 15 is 0 Å². The van der Waals surface area contributed by atoms with E-state index in [1.807, 2.05) is 7.05 Å². The summed E-state index contributed by atoms with van der Waals surface area (Å²) in [5.41, 5.74) is 2.61. The zero-order valence-corrected chi connectivity index (χ0v) is 10.3. The van der Waals surface area contributed by atoms with Crippen molar-refractivity contribution < 1.29 is 0 Å². The van der Waals surface area contributed by atoms with Crippen LogP contribution < -0.4 is 10.6 Å². The first kappa shape index (κ1) is 11.5. The van der Waals surface area contributed by atoms with Gasteiger partial charge in [-0.05, 0) is 44.5 Å². The topological polar surface area (TPSA) is 24.1 Å². The van der Waals surface area contributed by atoms with Crippen molar-refractivity contribution in [3.63, 3.8) is 0 Å². The molecule has 2 nitrogen and oxygen atoms in total. The van der Waals surface area contributed by atoms with Gasteiger partial charge in [0.05, 0.1) is 0 Å². The largest absolute Gasteiger partial charge is 0.382 e. The highest BCUT2D eigenvalue weighted by atomic mass is 14.9. The van der Waals surface area contributed by atoms with Crippen LogP contribution in [0.2, 0.25) is 0 Å². The summed E-state index contributed by atoms with van der Waals surface area (Å²) in [4.78, 5) is 0. The van der Waals surface area contributed by atoms with Gasteiger partial charge in [0.2, 0.25) is 0 Å². The molecule has 0 aromatic heterocycles. The first-order chi connectivity index (χ1) is 7.79. The van der Waals surface area contributed by atoms with E-state index in [1.165, 1.54) is 36.9 Å². The van der Waals surface area contributed by atoms with Crippen LogP contribution in [-0.2, 0) is 0 Å². The summed E-state index contributed by atoms with van der Waals surface area (Å²) in [6, 6.07) is 9.94. The highest BCUT2D eigenvalue weighted by Crippen LogP contribution is 2.23. The fourth-order valence-corrected chi connectivity index (χ4v) is 2.34. The van der Waals surface area contributed by atoms with Crippen LogP contribution in [0.1, 0.15) is 44.2 Å². The highest BCUT2D eigenvalue weighted by Gasteiger charge is 2.14. The van der Waals surface area contributed by atoms with Crippen molar-refractivity contribution in [1.29, 1.82) is 0 Å². The van der Waals surface area contributed by atoms with Gasteiger partial charge in [-0.25, -0.2) is 0 Å². The van der Waals surface area contributed by atoms with E-state index in [-0.39, 0.29) is 0 Å². The summed E-state index contributed by atoms with van der Waals surface area (Å²) < 4.78 is 0. The van der Waals surface area contributed by atoms with Crippen molar-refractivity contribution in [3.05, 3.63) is 29.8 Å². The van der Waals surface area contributed by atoms with Crippen molar-refractivity contribution in [2.45, 2.75) is 44.7 Å². The second kappa shape index (κ2) is 5.35. The first-order valence-electron chi connectivity index (χ1n) is 6.33. The van der Waals surface area contributed by atoms with Crippen molar-refractivity contribution in [3.8, 4) is 0 Å². The summed E-state index contributed by atoms with van der Waals surface area (Å²) in [6.07, 6.45) is 5.42. The molecular formula is C14H22N2. The van der Waals surface area contributed by atoms with Crippen LogP contribution in [0.25, 0.3) is 0 Å². The number of nitrogens with one attached hydrogen (secondary N) is 2. The van der Waals surface area contributed by atoms with Crippen molar-refractivity contribution >= 4 is 5.69 Å². The Morgan fingerprint density at radius 3 is 2.31 bits per heavy atom. The second-order valence-corrected chi connectivity index (χ2v) is 4.76. The van der Waals surface area contributed by atoms with Gasteiger partial charge in [0.15, 0.2) is 0 Å². The lowest BCUT2D eigenvalue weighted by atomic mass is 10.1. The molecule has 0 amide bonds. The van der Waals surface area contributed by atoms with Gasteiger partial charge in [-0.15, -0.1) is 0 Å². The van der Waals surface area contributed by atoms with E-state index in [0.717, 1.165) is 0 Å². The molecule has 1 saturated carbocycles. The van der Waals surface area contributed by atoms with Crippen LogP contribution in [0.15, 0.2) is 24.3 Å². The molecule has 0 aliphatic heterocycles. The van der Waals surface area contributed by atoms with Gasteiger partial charge in [-0.2, -0.15) is 0 Å². The lowest BCUT2D eigenvalue weighted by Crippen LogP contribution is -2.15. The monoisotopic (exact) mass is 218 g/mol. The molecule has 0 saturated heterocycles.